The number of rotatable bonds is 49. The number of carbonyl (C=O) groups is 3. The van der Waals surface area contributed by atoms with Crippen LogP contribution in [-0.4, -0.2) is 37.2 Å². The fourth-order valence-electron chi connectivity index (χ4n) is 7.22. The zero-order valence-electron chi connectivity index (χ0n) is 44.5. The maximum absolute atomic E-state index is 12.8. The van der Waals surface area contributed by atoms with Crippen molar-refractivity contribution >= 4 is 17.9 Å². The fraction of sp³-hybridized carbons (Fsp3) is 0.635. The van der Waals surface area contributed by atoms with Gasteiger partial charge >= 0.3 is 17.9 Å². The van der Waals surface area contributed by atoms with Gasteiger partial charge in [0.05, 0.1) is 0 Å². The summed E-state index contributed by atoms with van der Waals surface area (Å²) in [6.07, 6.45) is 77.7. The van der Waals surface area contributed by atoms with Gasteiger partial charge in [-0.2, -0.15) is 0 Å². The fourth-order valence-corrected chi connectivity index (χ4v) is 7.22. The molecule has 6 nitrogen and oxygen atoms in total. The minimum absolute atomic E-state index is 0.0965. The molecular formula is C63H102O6. The first-order valence-electron chi connectivity index (χ1n) is 28.0. The van der Waals surface area contributed by atoms with Crippen LogP contribution in [-0.2, 0) is 28.6 Å². The van der Waals surface area contributed by atoms with E-state index < -0.39 is 6.10 Å². The van der Waals surface area contributed by atoms with Crippen LogP contribution >= 0.6 is 0 Å². The van der Waals surface area contributed by atoms with Crippen LogP contribution in [0.1, 0.15) is 239 Å². The Hall–Kier alpha value is -4.19. The molecule has 69 heavy (non-hydrogen) atoms. The van der Waals surface area contributed by atoms with E-state index in [0.29, 0.717) is 19.3 Å². The molecule has 1 atom stereocenters. The second kappa shape index (κ2) is 56.4. The maximum atomic E-state index is 12.8. The summed E-state index contributed by atoms with van der Waals surface area (Å²) < 4.78 is 16.7. The van der Waals surface area contributed by atoms with Gasteiger partial charge in [-0.25, -0.2) is 0 Å². The van der Waals surface area contributed by atoms with E-state index in [1.54, 1.807) is 0 Å². The van der Waals surface area contributed by atoms with Gasteiger partial charge in [-0.05, 0) is 128 Å². The number of esters is 3. The molecule has 0 aromatic heterocycles. The van der Waals surface area contributed by atoms with Gasteiger partial charge in [0.25, 0.3) is 0 Å². The Balaban J connectivity index is 4.31. The van der Waals surface area contributed by atoms with E-state index in [9.17, 15) is 14.4 Å². The number of allylic oxidation sites excluding steroid dienone is 20. The van der Waals surface area contributed by atoms with Gasteiger partial charge in [0.15, 0.2) is 6.10 Å². The highest BCUT2D eigenvalue weighted by molar-refractivity contribution is 5.71. The minimum atomic E-state index is -0.798. The molecule has 0 aromatic carbocycles. The number of hydrogen-bond donors (Lipinski definition) is 0. The van der Waals surface area contributed by atoms with Crippen LogP contribution < -0.4 is 0 Å². The predicted molar refractivity (Wildman–Crippen MR) is 297 cm³/mol. The van der Waals surface area contributed by atoms with Crippen LogP contribution in [0.5, 0.6) is 0 Å². The standard InChI is InChI=1S/C63H102O6/c1-4-7-10-13-16-19-22-24-25-26-27-28-29-30-31-32-33-34-35-36-37-38-39-40-42-44-47-50-53-56-62(65)68-59-60(58-67-61(64)55-52-49-46-43-21-18-15-12-9-6-3)69-63(66)57-54-51-48-45-41-23-20-17-14-11-8-5-2/h7,10,12,15-17,19-20,24-25,27-28,30-31,33-34,36-37,39-40,60H,4-6,8-9,11,13-14,18,21-23,26,29,32,35,38,41-59H2,1-3H3/b10-7-,15-12-,19-16-,20-17-,25-24-,28-27-,31-30-,34-33-,37-36-,40-39-. The molecule has 0 spiro atoms. The average molecular weight is 956 g/mol. The molecule has 390 valence electrons. The zero-order chi connectivity index (χ0) is 50.0. The highest BCUT2D eigenvalue weighted by Crippen LogP contribution is 2.13. The third-order valence-electron chi connectivity index (χ3n) is 11.4. The molecule has 0 aromatic rings. The summed E-state index contributed by atoms with van der Waals surface area (Å²) in [6, 6.07) is 0. The Morgan fingerprint density at radius 2 is 0.594 bits per heavy atom. The normalized spacial score (nSPS) is 13.0. The quantitative estimate of drug-likeness (QED) is 0.0262. The van der Waals surface area contributed by atoms with Crippen molar-refractivity contribution in [1.82, 2.24) is 0 Å². The van der Waals surface area contributed by atoms with E-state index in [-0.39, 0.29) is 31.1 Å². The number of hydrogen-bond acceptors (Lipinski definition) is 6. The van der Waals surface area contributed by atoms with Crippen molar-refractivity contribution in [3.05, 3.63) is 122 Å². The Kier molecular flexibility index (Phi) is 53.0. The molecular weight excluding hydrogens is 853 g/mol. The van der Waals surface area contributed by atoms with Gasteiger partial charge in [-0.1, -0.05) is 213 Å². The largest absolute Gasteiger partial charge is 0.462 e. The highest BCUT2D eigenvalue weighted by atomic mass is 16.6. The molecule has 0 aliphatic rings. The van der Waals surface area contributed by atoms with Crippen molar-refractivity contribution in [3.8, 4) is 0 Å². The van der Waals surface area contributed by atoms with Crippen LogP contribution in [0.2, 0.25) is 0 Å². The van der Waals surface area contributed by atoms with E-state index in [0.717, 1.165) is 154 Å². The monoisotopic (exact) mass is 955 g/mol. The van der Waals surface area contributed by atoms with Crippen LogP contribution in [0.25, 0.3) is 0 Å². The third kappa shape index (κ3) is 54.6. The van der Waals surface area contributed by atoms with E-state index in [2.05, 4.69) is 142 Å². The Bertz CT molecular complexity index is 1470. The second-order valence-electron chi connectivity index (χ2n) is 18.1. The molecule has 0 aliphatic carbocycles. The molecule has 0 saturated carbocycles. The van der Waals surface area contributed by atoms with Crippen LogP contribution in [0.4, 0.5) is 0 Å². The summed E-state index contributed by atoms with van der Waals surface area (Å²) in [6.45, 7) is 6.39. The molecule has 0 heterocycles. The topological polar surface area (TPSA) is 78.9 Å². The molecule has 0 saturated heterocycles. The second-order valence-corrected chi connectivity index (χ2v) is 18.1. The SMILES string of the molecule is CC/C=C\C/C=C\C/C=C\C/C=C\C/C=C\C/C=C\C/C=C\C/C=C\CCCCCCC(=O)OCC(COC(=O)CCCCCCC/C=C\CCC)OC(=O)CCCCCCC/C=C\CCCCC. The molecule has 0 amide bonds. The molecule has 6 heteroatoms. The molecule has 0 bridgehead atoms. The first-order valence-corrected chi connectivity index (χ1v) is 28.0. The first-order chi connectivity index (χ1) is 34.0. The number of carbonyl (C=O) groups excluding carboxylic acids is 3. The van der Waals surface area contributed by atoms with Crippen molar-refractivity contribution in [3.63, 3.8) is 0 Å². The predicted octanol–water partition coefficient (Wildman–Crippen LogP) is 18.9. The van der Waals surface area contributed by atoms with E-state index in [1.807, 2.05) is 0 Å². The summed E-state index contributed by atoms with van der Waals surface area (Å²) in [5.41, 5.74) is 0. The van der Waals surface area contributed by atoms with Crippen LogP contribution in [0, 0.1) is 0 Å². The molecule has 1 unspecified atom stereocenters. The van der Waals surface area contributed by atoms with Crippen molar-refractivity contribution in [1.29, 1.82) is 0 Å². The van der Waals surface area contributed by atoms with Crippen molar-refractivity contribution < 1.29 is 28.6 Å². The lowest BCUT2D eigenvalue weighted by Gasteiger charge is -2.18. The van der Waals surface area contributed by atoms with Crippen molar-refractivity contribution in [2.45, 2.75) is 245 Å². The van der Waals surface area contributed by atoms with Crippen molar-refractivity contribution in [2.75, 3.05) is 13.2 Å². The summed E-state index contributed by atoms with van der Waals surface area (Å²) in [7, 11) is 0. The summed E-state index contributed by atoms with van der Waals surface area (Å²) in [5.74, 6) is -0.948. The van der Waals surface area contributed by atoms with Crippen LogP contribution in [0.3, 0.4) is 0 Å². The van der Waals surface area contributed by atoms with Gasteiger partial charge in [0.2, 0.25) is 0 Å². The Labute approximate surface area is 424 Å². The van der Waals surface area contributed by atoms with Gasteiger partial charge < -0.3 is 14.2 Å². The highest BCUT2D eigenvalue weighted by Gasteiger charge is 2.19. The average Bonchev–Trinajstić information content (AvgIpc) is 3.35. The maximum Gasteiger partial charge on any atom is 0.306 e. The summed E-state index contributed by atoms with van der Waals surface area (Å²) >= 11 is 0. The lowest BCUT2D eigenvalue weighted by molar-refractivity contribution is -0.167. The van der Waals surface area contributed by atoms with E-state index >= 15 is 0 Å². The van der Waals surface area contributed by atoms with Crippen molar-refractivity contribution in [2.24, 2.45) is 0 Å². The third-order valence-corrected chi connectivity index (χ3v) is 11.4. The van der Waals surface area contributed by atoms with Crippen LogP contribution in [0.15, 0.2) is 122 Å². The first kappa shape index (κ1) is 64.8. The molecule has 0 rings (SSSR count). The lowest BCUT2D eigenvalue weighted by atomic mass is 10.1. The molecule has 0 radical (unpaired) electrons. The van der Waals surface area contributed by atoms with E-state index in [1.165, 1.54) is 44.9 Å². The van der Waals surface area contributed by atoms with E-state index in [4.69, 9.17) is 14.2 Å². The smallest absolute Gasteiger partial charge is 0.306 e. The zero-order valence-corrected chi connectivity index (χ0v) is 44.5. The van der Waals surface area contributed by atoms with Gasteiger partial charge in [0.1, 0.15) is 13.2 Å². The van der Waals surface area contributed by atoms with Gasteiger partial charge in [-0.15, -0.1) is 0 Å². The minimum Gasteiger partial charge on any atom is -0.462 e. The van der Waals surface area contributed by atoms with Gasteiger partial charge in [-0.3, -0.25) is 14.4 Å². The summed E-state index contributed by atoms with van der Waals surface area (Å²) in [4.78, 5) is 38.0. The Morgan fingerprint density at radius 3 is 0.957 bits per heavy atom. The molecule has 0 N–H and O–H groups in total. The summed E-state index contributed by atoms with van der Waals surface area (Å²) in [5, 5.41) is 0. The van der Waals surface area contributed by atoms with Gasteiger partial charge in [0, 0.05) is 19.3 Å². The molecule has 0 aliphatic heterocycles. The molecule has 0 fully saturated rings. The number of ether oxygens (including phenoxy) is 3. The number of unbranched alkanes of at least 4 members (excludes halogenated alkanes) is 18. The Morgan fingerprint density at radius 1 is 0.304 bits per heavy atom. The lowest BCUT2D eigenvalue weighted by Crippen LogP contribution is -2.30.